The summed E-state index contributed by atoms with van der Waals surface area (Å²) in [6.45, 7) is 4.88. The minimum atomic E-state index is -0.141. The number of likely N-dealkylation sites (N-methyl/N-ethyl adjacent to an activating group) is 1. The van der Waals surface area contributed by atoms with Crippen molar-refractivity contribution in [3.63, 3.8) is 0 Å². The molecule has 1 aromatic carbocycles. The smallest absolute Gasteiger partial charge is 0.265 e. The van der Waals surface area contributed by atoms with Crippen molar-refractivity contribution in [1.29, 1.82) is 0 Å². The van der Waals surface area contributed by atoms with Crippen molar-refractivity contribution in [3.05, 3.63) is 52.2 Å². The second-order valence-electron chi connectivity index (χ2n) is 6.49. The topological polar surface area (TPSA) is 61.4 Å². The van der Waals surface area contributed by atoms with Gasteiger partial charge in [0, 0.05) is 23.8 Å². The predicted molar refractivity (Wildman–Crippen MR) is 103 cm³/mol. The largest absolute Gasteiger partial charge is 0.350 e. The van der Waals surface area contributed by atoms with Gasteiger partial charge in [-0.15, -0.1) is 11.3 Å². The first-order valence-electron chi connectivity index (χ1n) is 8.28. The third-order valence-corrected chi connectivity index (χ3v) is 4.92. The molecule has 6 heteroatoms. The lowest BCUT2D eigenvalue weighted by Gasteiger charge is -2.28. The number of thiophene rings is 1. The Balaban J connectivity index is 1.92. The molecule has 0 fully saturated rings. The van der Waals surface area contributed by atoms with Crippen LogP contribution in [0.5, 0.6) is 0 Å². The summed E-state index contributed by atoms with van der Waals surface area (Å²) < 4.78 is 0. The molecular weight excluding hydrogens is 334 g/mol. The van der Waals surface area contributed by atoms with Crippen LogP contribution in [0.3, 0.4) is 0 Å². The van der Waals surface area contributed by atoms with Gasteiger partial charge in [-0.1, -0.05) is 19.9 Å². The molecule has 0 saturated carbocycles. The van der Waals surface area contributed by atoms with Crippen LogP contribution in [-0.4, -0.2) is 43.4 Å². The molecule has 0 spiro atoms. The number of nitrogens with one attached hydrogen (secondary N) is 2. The molecule has 5 nitrogen and oxygen atoms in total. The monoisotopic (exact) mass is 359 g/mol. The number of carbonyl (C=O) groups excluding carboxylic acids is 2. The van der Waals surface area contributed by atoms with Gasteiger partial charge in [0.1, 0.15) is 0 Å². The van der Waals surface area contributed by atoms with Gasteiger partial charge < -0.3 is 15.5 Å². The summed E-state index contributed by atoms with van der Waals surface area (Å²) in [5, 5.41) is 7.66. The zero-order valence-corrected chi connectivity index (χ0v) is 15.9. The second kappa shape index (κ2) is 8.78. The molecule has 2 N–H and O–H groups in total. The van der Waals surface area contributed by atoms with Crippen LogP contribution in [0, 0.1) is 5.92 Å². The molecule has 0 saturated heterocycles. The second-order valence-corrected chi connectivity index (χ2v) is 7.44. The van der Waals surface area contributed by atoms with Crippen LogP contribution in [0.2, 0.25) is 0 Å². The Morgan fingerprint density at radius 2 is 1.76 bits per heavy atom. The van der Waals surface area contributed by atoms with Crippen molar-refractivity contribution in [2.75, 3.05) is 26.0 Å². The van der Waals surface area contributed by atoms with Gasteiger partial charge in [-0.2, -0.15) is 0 Å². The van der Waals surface area contributed by atoms with Gasteiger partial charge in [-0.25, -0.2) is 0 Å². The van der Waals surface area contributed by atoms with Crippen molar-refractivity contribution in [1.82, 2.24) is 10.2 Å². The number of anilines is 1. The van der Waals surface area contributed by atoms with Crippen molar-refractivity contribution in [2.45, 2.75) is 19.9 Å². The van der Waals surface area contributed by atoms with E-state index in [1.165, 1.54) is 11.3 Å². The molecule has 1 heterocycles. The molecule has 2 aromatic rings. The minimum Gasteiger partial charge on any atom is -0.350 e. The maximum absolute atomic E-state index is 12.3. The van der Waals surface area contributed by atoms with Gasteiger partial charge in [0.05, 0.1) is 4.88 Å². The number of hydrogen-bond acceptors (Lipinski definition) is 4. The molecular formula is C19H25N3O2S. The SMILES string of the molecule is CC(C)C(CNC(=O)c1ccc(NC(=O)c2cccs2)cc1)N(C)C. The molecule has 0 aliphatic rings. The van der Waals surface area contributed by atoms with Crippen LogP contribution in [0.1, 0.15) is 33.9 Å². The number of carbonyl (C=O) groups is 2. The summed E-state index contributed by atoms with van der Waals surface area (Å²) in [6.07, 6.45) is 0. The van der Waals surface area contributed by atoms with Gasteiger partial charge in [-0.05, 0) is 55.7 Å². The third-order valence-electron chi connectivity index (χ3n) is 4.05. The van der Waals surface area contributed by atoms with Gasteiger partial charge in [0.15, 0.2) is 0 Å². The van der Waals surface area contributed by atoms with Crippen molar-refractivity contribution in [3.8, 4) is 0 Å². The molecule has 134 valence electrons. The molecule has 1 unspecified atom stereocenters. The molecule has 2 rings (SSSR count). The van der Waals surface area contributed by atoms with Crippen molar-refractivity contribution in [2.24, 2.45) is 5.92 Å². The van der Waals surface area contributed by atoms with Gasteiger partial charge in [0.2, 0.25) is 0 Å². The number of hydrogen-bond donors (Lipinski definition) is 2. The average Bonchev–Trinajstić information content (AvgIpc) is 3.09. The van der Waals surface area contributed by atoms with Crippen molar-refractivity contribution < 1.29 is 9.59 Å². The van der Waals surface area contributed by atoms with E-state index in [9.17, 15) is 9.59 Å². The lowest BCUT2D eigenvalue weighted by atomic mass is 10.0. The van der Waals surface area contributed by atoms with Crippen LogP contribution in [0.25, 0.3) is 0 Å². The fraction of sp³-hybridized carbons (Fsp3) is 0.368. The van der Waals surface area contributed by atoms with E-state index >= 15 is 0 Å². The minimum absolute atomic E-state index is 0.108. The number of nitrogens with zero attached hydrogens (tertiary/aromatic N) is 1. The molecule has 0 aliphatic carbocycles. The molecule has 0 bridgehead atoms. The Kier molecular flexibility index (Phi) is 6.73. The summed E-state index contributed by atoms with van der Waals surface area (Å²) in [5.41, 5.74) is 1.25. The maximum Gasteiger partial charge on any atom is 0.265 e. The van der Waals surface area contributed by atoms with E-state index < -0.39 is 0 Å². The van der Waals surface area contributed by atoms with E-state index in [0.717, 1.165) is 0 Å². The van der Waals surface area contributed by atoms with Gasteiger partial charge in [-0.3, -0.25) is 9.59 Å². The first-order valence-corrected chi connectivity index (χ1v) is 9.16. The zero-order chi connectivity index (χ0) is 18.4. The van der Waals surface area contributed by atoms with E-state index in [1.54, 1.807) is 30.3 Å². The Morgan fingerprint density at radius 1 is 1.08 bits per heavy atom. The van der Waals surface area contributed by atoms with Crippen molar-refractivity contribution >= 4 is 28.8 Å². The highest BCUT2D eigenvalue weighted by molar-refractivity contribution is 7.12. The van der Waals surface area contributed by atoms with E-state index in [2.05, 4.69) is 29.4 Å². The quantitative estimate of drug-likeness (QED) is 0.797. The summed E-state index contributed by atoms with van der Waals surface area (Å²) in [7, 11) is 4.03. The molecule has 2 amide bonds. The van der Waals surface area contributed by atoms with Crippen LogP contribution in [0.4, 0.5) is 5.69 Å². The van der Waals surface area contributed by atoms with E-state index in [1.807, 2.05) is 25.5 Å². The highest BCUT2D eigenvalue weighted by Crippen LogP contribution is 2.14. The number of benzene rings is 1. The standard InChI is InChI=1S/C19H25N3O2S/c1-13(2)16(22(3)4)12-20-18(23)14-7-9-15(10-8-14)21-19(24)17-6-5-11-25-17/h5-11,13,16H,12H2,1-4H3,(H,20,23)(H,21,24). The Hall–Kier alpha value is -2.18. The summed E-state index contributed by atoms with van der Waals surface area (Å²) in [5.74, 6) is 0.201. The average molecular weight is 359 g/mol. The van der Waals surface area contributed by atoms with E-state index in [4.69, 9.17) is 0 Å². The molecule has 1 atom stereocenters. The van der Waals surface area contributed by atoms with Gasteiger partial charge in [0.25, 0.3) is 11.8 Å². The van der Waals surface area contributed by atoms with Crippen LogP contribution >= 0.6 is 11.3 Å². The Morgan fingerprint density at radius 3 is 2.28 bits per heavy atom. The molecule has 0 aliphatic heterocycles. The lowest BCUT2D eigenvalue weighted by molar-refractivity contribution is 0.0934. The highest BCUT2D eigenvalue weighted by Gasteiger charge is 2.17. The first-order chi connectivity index (χ1) is 11.9. The molecule has 25 heavy (non-hydrogen) atoms. The Labute approximate surface area is 153 Å². The summed E-state index contributed by atoms with van der Waals surface area (Å²) >= 11 is 1.39. The normalized spacial score (nSPS) is 12.2. The summed E-state index contributed by atoms with van der Waals surface area (Å²) in [6, 6.07) is 10.8. The van der Waals surface area contributed by atoms with Crippen LogP contribution in [-0.2, 0) is 0 Å². The van der Waals surface area contributed by atoms with E-state index in [0.29, 0.717) is 28.6 Å². The third kappa shape index (κ3) is 5.41. The van der Waals surface area contributed by atoms with Gasteiger partial charge >= 0.3 is 0 Å². The highest BCUT2D eigenvalue weighted by atomic mass is 32.1. The zero-order valence-electron chi connectivity index (χ0n) is 15.1. The summed E-state index contributed by atoms with van der Waals surface area (Å²) in [4.78, 5) is 27.1. The van der Waals surface area contributed by atoms with E-state index in [-0.39, 0.29) is 17.9 Å². The number of amides is 2. The molecule has 0 radical (unpaired) electrons. The maximum atomic E-state index is 12.3. The van der Waals surface area contributed by atoms with Crippen LogP contribution < -0.4 is 10.6 Å². The fourth-order valence-corrected chi connectivity index (χ4v) is 3.24. The fourth-order valence-electron chi connectivity index (χ4n) is 2.62. The first kappa shape index (κ1) is 19.1. The predicted octanol–water partition coefficient (Wildman–Crippen LogP) is 3.32. The number of rotatable bonds is 7. The Bertz CT molecular complexity index is 686. The lowest BCUT2D eigenvalue weighted by Crippen LogP contribution is -2.43. The molecule has 1 aromatic heterocycles. The van der Waals surface area contributed by atoms with Crippen LogP contribution in [0.15, 0.2) is 41.8 Å².